The summed E-state index contributed by atoms with van der Waals surface area (Å²) >= 11 is 1.84. The Morgan fingerprint density at radius 1 is 1.04 bits per heavy atom. The molecule has 1 fully saturated rings. The van der Waals surface area contributed by atoms with Gasteiger partial charge in [-0.05, 0) is 17.7 Å². The molecule has 0 bridgehead atoms. The van der Waals surface area contributed by atoms with Crippen LogP contribution in [0.3, 0.4) is 0 Å². The number of nitrogens with zero attached hydrogens (tertiary/aromatic N) is 3. The third-order valence-electron chi connectivity index (χ3n) is 4.94. The Kier molecular flexibility index (Phi) is 6.31. The van der Waals surface area contributed by atoms with Crippen LogP contribution in [0.5, 0.6) is 0 Å². The summed E-state index contributed by atoms with van der Waals surface area (Å²) in [4.78, 5) is 3.63. The molecule has 0 amide bonds. The second-order valence-corrected chi connectivity index (χ2v) is 7.79. The third kappa shape index (κ3) is 4.24. The van der Waals surface area contributed by atoms with Crippen molar-refractivity contribution in [2.75, 3.05) is 38.3 Å². The summed E-state index contributed by atoms with van der Waals surface area (Å²) in [6, 6.07) is 20.8. The molecule has 5 nitrogen and oxygen atoms in total. The molecule has 1 saturated heterocycles. The van der Waals surface area contributed by atoms with Gasteiger partial charge in [0.1, 0.15) is 0 Å². The van der Waals surface area contributed by atoms with Crippen LogP contribution < -0.4 is 10.3 Å². The van der Waals surface area contributed by atoms with Gasteiger partial charge in [0.2, 0.25) is 0 Å². The van der Waals surface area contributed by atoms with Gasteiger partial charge in [-0.2, -0.15) is 5.10 Å². The predicted molar refractivity (Wildman–Crippen MR) is 117 cm³/mol. The Labute approximate surface area is 171 Å². The maximum atomic E-state index is 5.97. The van der Waals surface area contributed by atoms with Crippen molar-refractivity contribution in [3.8, 4) is 0 Å². The van der Waals surface area contributed by atoms with Gasteiger partial charge in [0.15, 0.2) is 6.23 Å². The zero-order chi connectivity index (χ0) is 19.2. The van der Waals surface area contributed by atoms with Gasteiger partial charge in [-0.3, -0.25) is 0 Å². The fraction of sp³-hybridized carbons (Fsp3) is 0.318. The number of rotatable bonds is 6. The van der Waals surface area contributed by atoms with Crippen molar-refractivity contribution in [2.45, 2.75) is 12.0 Å². The average molecular weight is 395 g/mol. The number of hydrazone groups is 1. The van der Waals surface area contributed by atoms with Crippen molar-refractivity contribution in [3.05, 3.63) is 76.8 Å². The first kappa shape index (κ1) is 19.1. The van der Waals surface area contributed by atoms with Crippen LogP contribution in [0, 0.1) is 0 Å². The number of para-hydroxylation sites is 1. The van der Waals surface area contributed by atoms with Crippen LogP contribution in [-0.4, -0.2) is 50.6 Å². The molecule has 1 N–H and O–H groups in total. The van der Waals surface area contributed by atoms with E-state index in [1.54, 1.807) is 7.11 Å². The molecular weight excluding hydrogens is 368 g/mol. The lowest BCUT2D eigenvalue weighted by Crippen LogP contribution is -2.46. The van der Waals surface area contributed by atoms with Crippen LogP contribution in [0.2, 0.25) is 0 Å². The highest BCUT2D eigenvalue weighted by atomic mass is 32.2. The van der Waals surface area contributed by atoms with Crippen LogP contribution in [-0.2, 0) is 10.5 Å². The highest BCUT2D eigenvalue weighted by molar-refractivity contribution is 8.02. The zero-order valence-electron chi connectivity index (χ0n) is 16.1. The first-order valence-corrected chi connectivity index (χ1v) is 10.6. The van der Waals surface area contributed by atoms with Gasteiger partial charge >= 0.3 is 0 Å². The summed E-state index contributed by atoms with van der Waals surface area (Å²) < 4.78 is 5.97. The molecule has 6 heteroatoms. The minimum atomic E-state index is -0.231. The lowest BCUT2D eigenvalue weighted by atomic mass is 10.2. The van der Waals surface area contributed by atoms with Gasteiger partial charge < -0.3 is 15.0 Å². The number of ether oxygens (including phenoxy) is 1. The van der Waals surface area contributed by atoms with E-state index in [2.05, 4.69) is 52.7 Å². The normalized spacial score (nSPS) is 20.0. The Hall–Kier alpha value is -2.28. The Balaban J connectivity index is 1.65. The Morgan fingerprint density at radius 2 is 1.71 bits per heavy atom. The molecule has 2 heterocycles. The van der Waals surface area contributed by atoms with Crippen molar-refractivity contribution in [1.82, 2.24) is 10.2 Å². The second kappa shape index (κ2) is 9.28. The van der Waals surface area contributed by atoms with E-state index in [4.69, 9.17) is 9.84 Å². The van der Waals surface area contributed by atoms with Crippen molar-refractivity contribution in [1.29, 1.82) is 0 Å². The lowest BCUT2D eigenvalue weighted by Gasteiger charge is -2.38. The molecular formula is C22H26N4OS. The van der Waals surface area contributed by atoms with Gasteiger partial charge in [0, 0.05) is 39.0 Å². The minimum Gasteiger partial charge on any atom is -0.367 e. The van der Waals surface area contributed by atoms with Crippen LogP contribution in [0.1, 0.15) is 5.56 Å². The van der Waals surface area contributed by atoms with Crippen molar-refractivity contribution >= 4 is 23.7 Å². The molecule has 2 aliphatic heterocycles. The fourth-order valence-electron chi connectivity index (χ4n) is 3.49. The highest BCUT2D eigenvalue weighted by Gasteiger charge is 2.31. The summed E-state index contributed by atoms with van der Waals surface area (Å²) in [5.41, 5.74) is 3.52. The molecule has 2 aromatic carbocycles. The summed E-state index contributed by atoms with van der Waals surface area (Å²) in [6.45, 7) is 3.96. The van der Waals surface area contributed by atoms with E-state index in [-0.39, 0.29) is 6.23 Å². The van der Waals surface area contributed by atoms with Crippen molar-refractivity contribution in [3.63, 3.8) is 0 Å². The van der Waals surface area contributed by atoms with Gasteiger partial charge in [-0.25, -0.2) is 5.01 Å². The summed E-state index contributed by atoms with van der Waals surface area (Å²) in [5.74, 6) is 0.905. The molecule has 2 aromatic rings. The monoisotopic (exact) mass is 394 g/mol. The van der Waals surface area contributed by atoms with Crippen molar-refractivity contribution in [2.24, 2.45) is 5.10 Å². The molecule has 2 aliphatic rings. The van der Waals surface area contributed by atoms with Crippen LogP contribution in [0.15, 0.2) is 76.4 Å². The molecule has 1 unspecified atom stereocenters. The molecule has 0 radical (unpaired) electrons. The van der Waals surface area contributed by atoms with E-state index >= 15 is 0 Å². The number of anilines is 1. The summed E-state index contributed by atoms with van der Waals surface area (Å²) in [7, 11) is 1.76. The number of allylic oxidation sites excluding steroid dienone is 1. The number of piperazine rings is 1. The molecule has 4 rings (SSSR count). The SMILES string of the molecule is COC1C(SCc2ccccc2)=C(N2CCNCC2)C=NN1c1ccccc1. The van der Waals surface area contributed by atoms with E-state index in [1.807, 2.05) is 41.2 Å². The molecule has 28 heavy (non-hydrogen) atoms. The van der Waals surface area contributed by atoms with E-state index in [0.29, 0.717) is 0 Å². The van der Waals surface area contributed by atoms with Crippen LogP contribution in [0.25, 0.3) is 0 Å². The predicted octanol–water partition coefficient (Wildman–Crippen LogP) is 3.52. The molecule has 1 atom stereocenters. The molecule has 0 spiro atoms. The number of hydrogen-bond donors (Lipinski definition) is 1. The van der Waals surface area contributed by atoms with Gasteiger partial charge in [-0.1, -0.05) is 48.5 Å². The topological polar surface area (TPSA) is 40.1 Å². The molecule has 0 aliphatic carbocycles. The van der Waals surface area contributed by atoms with Crippen LogP contribution >= 0.6 is 11.8 Å². The number of thioether (sulfide) groups is 1. The smallest absolute Gasteiger partial charge is 0.184 e. The molecule has 0 aromatic heterocycles. The maximum absolute atomic E-state index is 5.97. The number of nitrogens with one attached hydrogen (secondary N) is 1. The van der Waals surface area contributed by atoms with Gasteiger partial charge in [-0.15, -0.1) is 11.8 Å². The summed E-state index contributed by atoms with van der Waals surface area (Å²) in [6.07, 6.45) is 1.77. The van der Waals surface area contributed by atoms with E-state index < -0.39 is 0 Å². The van der Waals surface area contributed by atoms with Gasteiger partial charge in [0.25, 0.3) is 0 Å². The summed E-state index contributed by atoms with van der Waals surface area (Å²) in [5, 5.41) is 10.2. The number of benzene rings is 2. The third-order valence-corrected chi connectivity index (χ3v) is 6.14. The van der Waals surface area contributed by atoms with E-state index in [1.165, 1.54) is 16.2 Å². The molecule has 146 valence electrons. The standard InChI is InChI=1S/C22H26N4OS/c1-27-22-21(28-17-18-8-4-2-5-9-18)20(25-14-12-23-13-15-25)16-24-26(22)19-10-6-3-7-11-19/h2-11,16,22-23H,12-15,17H2,1H3. The molecule has 0 saturated carbocycles. The largest absolute Gasteiger partial charge is 0.367 e. The quantitative estimate of drug-likeness (QED) is 0.812. The second-order valence-electron chi connectivity index (χ2n) is 6.77. The van der Waals surface area contributed by atoms with Crippen LogP contribution in [0.4, 0.5) is 5.69 Å². The minimum absolute atomic E-state index is 0.231. The fourth-order valence-corrected chi connectivity index (χ4v) is 4.68. The van der Waals surface area contributed by atoms with E-state index in [9.17, 15) is 0 Å². The lowest BCUT2D eigenvalue weighted by molar-refractivity contribution is 0.130. The number of hydrogen-bond acceptors (Lipinski definition) is 6. The maximum Gasteiger partial charge on any atom is 0.184 e. The Morgan fingerprint density at radius 3 is 2.39 bits per heavy atom. The Bertz CT molecular complexity index is 819. The number of methoxy groups -OCH3 is 1. The van der Waals surface area contributed by atoms with Gasteiger partial charge in [0.05, 0.1) is 22.5 Å². The average Bonchev–Trinajstić information content (AvgIpc) is 2.79. The van der Waals surface area contributed by atoms with Crippen molar-refractivity contribution < 1.29 is 4.74 Å². The first-order valence-electron chi connectivity index (χ1n) is 9.64. The zero-order valence-corrected chi connectivity index (χ0v) is 16.9. The van der Waals surface area contributed by atoms with E-state index in [0.717, 1.165) is 37.6 Å². The first-order chi connectivity index (χ1) is 13.9. The highest BCUT2D eigenvalue weighted by Crippen LogP contribution is 2.36.